The van der Waals surface area contributed by atoms with E-state index in [9.17, 15) is 5.21 Å². The summed E-state index contributed by atoms with van der Waals surface area (Å²) in [6, 6.07) is 1.85. The fourth-order valence-corrected chi connectivity index (χ4v) is 1.41. The third-order valence-corrected chi connectivity index (χ3v) is 2.13. The van der Waals surface area contributed by atoms with E-state index in [0.29, 0.717) is 11.6 Å². The summed E-state index contributed by atoms with van der Waals surface area (Å²) in [6.07, 6.45) is 3.16. The average Bonchev–Trinajstić information content (AvgIpc) is 2.60. The quantitative estimate of drug-likeness (QED) is 0.674. The van der Waals surface area contributed by atoms with Crippen molar-refractivity contribution in [2.45, 2.75) is 6.92 Å². The fraction of sp³-hybridized carbons (Fsp3) is 0.222. The molecule has 0 aliphatic carbocycles. The smallest absolute Gasteiger partial charge is 0.175 e. The summed E-state index contributed by atoms with van der Waals surface area (Å²) in [5.41, 5.74) is 1.89. The number of nitrogens with zero attached hydrogens (tertiary/aromatic N) is 2. The van der Waals surface area contributed by atoms with E-state index in [1.807, 2.05) is 13.0 Å². The third kappa shape index (κ3) is 1.02. The number of rotatable bonds is 1. The first-order valence-electron chi connectivity index (χ1n) is 3.94. The van der Waals surface area contributed by atoms with Crippen molar-refractivity contribution in [3.05, 3.63) is 24.0 Å². The second kappa shape index (κ2) is 2.65. The number of hydrogen-bond donors (Lipinski definition) is 1. The summed E-state index contributed by atoms with van der Waals surface area (Å²) in [6.45, 7) is 1.93. The lowest BCUT2D eigenvalue weighted by Crippen LogP contribution is -2.02. The Kier molecular flexibility index (Phi) is 1.62. The first kappa shape index (κ1) is 7.91. The standard InChI is InChI=1S/C9H10N2O2/c1-6-7-3-4-10-9(7)11(12)5-8(6)13-2/h3-5,12H,1-2H3. The molecule has 0 spiro atoms. The molecule has 0 amide bonds. The van der Waals surface area contributed by atoms with Gasteiger partial charge in [0.25, 0.3) is 0 Å². The Balaban J connectivity index is 2.77. The Bertz CT molecular complexity index is 409. The monoisotopic (exact) mass is 178 g/mol. The molecule has 0 aromatic carbocycles. The minimum Gasteiger partial charge on any atom is -0.495 e. The molecule has 2 rings (SSSR count). The zero-order chi connectivity index (χ0) is 9.42. The Morgan fingerprint density at radius 3 is 3.00 bits per heavy atom. The van der Waals surface area contributed by atoms with Crippen LogP contribution in [0.3, 0.4) is 0 Å². The van der Waals surface area contributed by atoms with Gasteiger partial charge in [-0.25, -0.2) is 4.98 Å². The minimum atomic E-state index is 0.554. The molecule has 68 valence electrons. The van der Waals surface area contributed by atoms with E-state index in [1.54, 1.807) is 13.3 Å². The summed E-state index contributed by atoms with van der Waals surface area (Å²) in [5.74, 6) is 1.21. The first-order chi connectivity index (χ1) is 6.24. The minimum absolute atomic E-state index is 0.554. The molecule has 2 aliphatic rings. The summed E-state index contributed by atoms with van der Waals surface area (Å²) < 4.78 is 6.07. The maximum atomic E-state index is 9.47. The highest BCUT2D eigenvalue weighted by atomic mass is 16.5. The molecular formula is C9H10N2O2. The summed E-state index contributed by atoms with van der Waals surface area (Å²) in [7, 11) is 1.57. The van der Waals surface area contributed by atoms with Gasteiger partial charge in [-0.15, -0.1) is 0 Å². The number of fused-ring (bicyclic) bond motifs is 1. The summed E-state index contributed by atoms with van der Waals surface area (Å²) in [5, 5.41) is 9.47. The van der Waals surface area contributed by atoms with Gasteiger partial charge in [-0.05, 0) is 13.0 Å². The molecule has 13 heavy (non-hydrogen) atoms. The van der Waals surface area contributed by atoms with Crippen LogP contribution in [0.5, 0.6) is 5.75 Å². The maximum absolute atomic E-state index is 9.47. The highest BCUT2D eigenvalue weighted by Gasteiger charge is 2.14. The normalized spacial score (nSPS) is 10.6. The Hall–Kier alpha value is -1.71. The molecule has 0 atom stereocenters. The zero-order valence-electron chi connectivity index (χ0n) is 7.48. The third-order valence-electron chi connectivity index (χ3n) is 2.13. The van der Waals surface area contributed by atoms with Crippen LogP contribution in [0.4, 0.5) is 0 Å². The van der Waals surface area contributed by atoms with Crippen LogP contribution in [0, 0.1) is 6.92 Å². The number of hydrogen-bond acceptors (Lipinski definition) is 3. The average molecular weight is 178 g/mol. The van der Waals surface area contributed by atoms with Gasteiger partial charge < -0.3 is 9.94 Å². The van der Waals surface area contributed by atoms with E-state index in [1.165, 1.54) is 6.20 Å². The topological polar surface area (TPSA) is 47.3 Å². The summed E-state index contributed by atoms with van der Waals surface area (Å²) >= 11 is 0. The van der Waals surface area contributed by atoms with Crippen LogP contribution in [0.2, 0.25) is 0 Å². The van der Waals surface area contributed by atoms with Crippen molar-refractivity contribution >= 4 is 0 Å². The molecule has 0 saturated heterocycles. The molecule has 0 fully saturated rings. The molecule has 4 nitrogen and oxygen atoms in total. The van der Waals surface area contributed by atoms with Gasteiger partial charge in [0.1, 0.15) is 5.75 Å². The van der Waals surface area contributed by atoms with Crippen LogP contribution in [-0.4, -0.2) is 22.0 Å². The highest BCUT2D eigenvalue weighted by molar-refractivity contribution is 5.65. The van der Waals surface area contributed by atoms with Gasteiger partial charge in [-0.2, -0.15) is 4.73 Å². The van der Waals surface area contributed by atoms with Crippen molar-refractivity contribution in [2.75, 3.05) is 7.11 Å². The van der Waals surface area contributed by atoms with Crippen LogP contribution < -0.4 is 4.74 Å². The highest BCUT2D eigenvalue weighted by Crippen LogP contribution is 2.30. The molecule has 4 heteroatoms. The van der Waals surface area contributed by atoms with E-state index < -0.39 is 0 Å². The Morgan fingerprint density at radius 1 is 1.54 bits per heavy atom. The van der Waals surface area contributed by atoms with Crippen LogP contribution in [0.1, 0.15) is 5.56 Å². The van der Waals surface area contributed by atoms with E-state index in [4.69, 9.17) is 4.74 Å². The SMILES string of the molecule is COc1cn(O)c2nccc-2c1C. The molecule has 0 bridgehead atoms. The lowest BCUT2D eigenvalue weighted by molar-refractivity contribution is 0.183. The second-order valence-corrected chi connectivity index (χ2v) is 2.85. The predicted molar refractivity (Wildman–Crippen MR) is 47.3 cm³/mol. The molecular weight excluding hydrogens is 168 g/mol. The molecule has 0 aromatic heterocycles. The van der Waals surface area contributed by atoms with Crippen molar-refractivity contribution in [3.8, 4) is 17.1 Å². The molecule has 0 radical (unpaired) electrons. The van der Waals surface area contributed by atoms with Crippen LogP contribution in [0.15, 0.2) is 18.5 Å². The molecule has 0 saturated carbocycles. The number of pyridine rings is 1. The number of aromatic nitrogens is 2. The van der Waals surface area contributed by atoms with Crippen LogP contribution >= 0.6 is 0 Å². The predicted octanol–water partition coefficient (Wildman–Crippen LogP) is 1.54. The Morgan fingerprint density at radius 2 is 2.31 bits per heavy atom. The lowest BCUT2D eigenvalue weighted by Gasteiger charge is -2.11. The van der Waals surface area contributed by atoms with E-state index in [-0.39, 0.29) is 0 Å². The van der Waals surface area contributed by atoms with Gasteiger partial charge in [0.2, 0.25) is 0 Å². The largest absolute Gasteiger partial charge is 0.495 e. The molecule has 0 unspecified atom stereocenters. The molecule has 2 aliphatic heterocycles. The van der Waals surface area contributed by atoms with Crippen LogP contribution in [-0.2, 0) is 0 Å². The van der Waals surface area contributed by atoms with Gasteiger partial charge in [-0.1, -0.05) is 0 Å². The van der Waals surface area contributed by atoms with Gasteiger partial charge in [0.15, 0.2) is 5.82 Å². The zero-order valence-corrected chi connectivity index (χ0v) is 7.48. The summed E-state index contributed by atoms with van der Waals surface area (Å²) in [4.78, 5) is 4.01. The van der Waals surface area contributed by atoms with Gasteiger partial charge in [0, 0.05) is 17.3 Å². The second-order valence-electron chi connectivity index (χ2n) is 2.85. The Labute approximate surface area is 75.7 Å². The van der Waals surface area contributed by atoms with Crippen LogP contribution in [0.25, 0.3) is 11.4 Å². The van der Waals surface area contributed by atoms with Crippen molar-refractivity contribution < 1.29 is 9.94 Å². The number of methoxy groups -OCH3 is 1. The number of ether oxygens (including phenoxy) is 1. The molecule has 2 heterocycles. The van der Waals surface area contributed by atoms with Crippen molar-refractivity contribution in [1.82, 2.24) is 9.71 Å². The molecule has 1 N–H and O–H groups in total. The van der Waals surface area contributed by atoms with Gasteiger partial charge >= 0.3 is 0 Å². The van der Waals surface area contributed by atoms with Crippen molar-refractivity contribution in [2.24, 2.45) is 0 Å². The van der Waals surface area contributed by atoms with Crippen molar-refractivity contribution in [1.29, 1.82) is 0 Å². The van der Waals surface area contributed by atoms with Crippen molar-refractivity contribution in [3.63, 3.8) is 0 Å². The van der Waals surface area contributed by atoms with Gasteiger partial charge in [-0.3, -0.25) is 0 Å². The molecule has 0 aromatic rings. The van der Waals surface area contributed by atoms with E-state index in [0.717, 1.165) is 15.9 Å². The van der Waals surface area contributed by atoms with Gasteiger partial charge in [0.05, 0.1) is 13.3 Å². The van der Waals surface area contributed by atoms with E-state index in [2.05, 4.69) is 4.98 Å². The fourth-order valence-electron chi connectivity index (χ4n) is 1.41. The first-order valence-corrected chi connectivity index (χ1v) is 3.94. The van der Waals surface area contributed by atoms with E-state index >= 15 is 0 Å². The lowest BCUT2D eigenvalue weighted by atomic mass is 10.1. The maximum Gasteiger partial charge on any atom is 0.175 e.